The molecule has 0 heterocycles. The number of sulfone groups is 1. The lowest BCUT2D eigenvalue weighted by atomic mass is 9.97. The van der Waals surface area contributed by atoms with Crippen LogP contribution in [-0.4, -0.2) is 19.8 Å². The third-order valence-corrected chi connectivity index (χ3v) is 8.45. The third kappa shape index (κ3) is 5.63. The van der Waals surface area contributed by atoms with Gasteiger partial charge in [0.1, 0.15) is 5.75 Å². The Balaban J connectivity index is 1.63. The van der Waals surface area contributed by atoms with E-state index in [0.29, 0.717) is 0 Å². The van der Waals surface area contributed by atoms with Crippen molar-refractivity contribution in [1.29, 1.82) is 0 Å². The molecule has 0 bridgehead atoms. The highest BCUT2D eigenvalue weighted by molar-refractivity contribution is 7.91. The van der Waals surface area contributed by atoms with Crippen LogP contribution in [0.15, 0.2) is 36.4 Å². The first-order valence-corrected chi connectivity index (χ1v) is 12.2. The van der Waals surface area contributed by atoms with Crippen LogP contribution in [0.2, 0.25) is 0 Å². The Morgan fingerprint density at radius 2 is 1.55 bits per heavy atom. The van der Waals surface area contributed by atoms with Crippen LogP contribution in [0.3, 0.4) is 0 Å². The van der Waals surface area contributed by atoms with E-state index in [2.05, 4.69) is 38.1 Å². The average molecular weight is 415 g/mol. The molecule has 1 fully saturated rings. The van der Waals surface area contributed by atoms with E-state index in [1.807, 2.05) is 12.1 Å². The van der Waals surface area contributed by atoms with Crippen molar-refractivity contribution in [2.45, 2.75) is 70.8 Å². The van der Waals surface area contributed by atoms with Crippen molar-refractivity contribution in [1.82, 2.24) is 0 Å². The standard InChI is InChI=1S/C25H34O3S/c1-18-6-14-23(19(2)24(18)28-16-21-9-10-21)15-13-20-7-11-22(12-8-20)17-29(26,27)25(3,4)5/h6-8,11-12,14,21H,9-10,13,15-17H2,1-5H3. The summed E-state index contributed by atoms with van der Waals surface area (Å²) in [7, 11) is -3.15. The fourth-order valence-corrected chi connectivity index (χ4v) is 4.43. The summed E-state index contributed by atoms with van der Waals surface area (Å²) < 4.78 is 30.2. The van der Waals surface area contributed by atoms with Crippen LogP contribution in [0.1, 0.15) is 61.4 Å². The van der Waals surface area contributed by atoms with E-state index in [0.717, 1.165) is 36.7 Å². The molecule has 0 unspecified atom stereocenters. The van der Waals surface area contributed by atoms with E-state index in [-0.39, 0.29) is 5.75 Å². The van der Waals surface area contributed by atoms with Crippen molar-refractivity contribution < 1.29 is 13.2 Å². The van der Waals surface area contributed by atoms with Gasteiger partial charge in [0.2, 0.25) is 0 Å². The van der Waals surface area contributed by atoms with Crippen molar-refractivity contribution in [3.8, 4) is 5.75 Å². The maximum Gasteiger partial charge on any atom is 0.159 e. The lowest BCUT2D eigenvalue weighted by molar-refractivity contribution is 0.295. The second-order valence-corrected chi connectivity index (χ2v) is 12.2. The second-order valence-electron chi connectivity index (χ2n) is 9.44. The van der Waals surface area contributed by atoms with Gasteiger partial charge in [-0.1, -0.05) is 36.4 Å². The van der Waals surface area contributed by atoms with Crippen LogP contribution in [0.5, 0.6) is 5.75 Å². The predicted molar refractivity (Wildman–Crippen MR) is 120 cm³/mol. The van der Waals surface area contributed by atoms with E-state index in [9.17, 15) is 8.42 Å². The van der Waals surface area contributed by atoms with Crippen LogP contribution in [-0.2, 0) is 28.4 Å². The quantitative estimate of drug-likeness (QED) is 0.565. The number of rotatable bonds is 8. The van der Waals surface area contributed by atoms with Crippen LogP contribution >= 0.6 is 0 Å². The van der Waals surface area contributed by atoms with Crippen molar-refractivity contribution in [2.24, 2.45) is 5.92 Å². The summed E-state index contributed by atoms with van der Waals surface area (Å²) in [6, 6.07) is 12.4. The fraction of sp³-hybridized carbons (Fsp3) is 0.520. The minimum absolute atomic E-state index is 0.0928. The molecular formula is C25H34O3S. The molecule has 0 spiro atoms. The average Bonchev–Trinajstić information content (AvgIpc) is 3.45. The smallest absolute Gasteiger partial charge is 0.159 e. The molecule has 158 valence electrons. The molecule has 1 aliphatic carbocycles. The first-order chi connectivity index (χ1) is 13.6. The zero-order chi connectivity index (χ0) is 21.2. The van der Waals surface area contributed by atoms with Gasteiger partial charge in [0, 0.05) is 0 Å². The van der Waals surface area contributed by atoms with E-state index >= 15 is 0 Å². The Labute approximate surface area is 176 Å². The van der Waals surface area contributed by atoms with Gasteiger partial charge >= 0.3 is 0 Å². The molecular weight excluding hydrogens is 380 g/mol. The summed E-state index contributed by atoms with van der Waals surface area (Å²) in [5.74, 6) is 1.89. The fourth-order valence-electron chi connectivity index (χ4n) is 3.36. The zero-order valence-corrected chi connectivity index (χ0v) is 19.2. The summed E-state index contributed by atoms with van der Waals surface area (Å²) in [5.41, 5.74) is 5.85. The summed E-state index contributed by atoms with van der Waals surface area (Å²) in [5, 5.41) is 0. The van der Waals surface area contributed by atoms with Gasteiger partial charge in [-0.3, -0.25) is 0 Å². The van der Waals surface area contributed by atoms with Gasteiger partial charge in [-0.15, -0.1) is 0 Å². The van der Waals surface area contributed by atoms with Gasteiger partial charge in [0.05, 0.1) is 17.1 Å². The van der Waals surface area contributed by atoms with E-state index in [1.54, 1.807) is 20.8 Å². The Morgan fingerprint density at radius 3 is 2.14 bits per heavy atom. The molecule has 0 radical (unpaired) electrons. The van der Waals surface area contributed by atoms with Crippen molar-refractivity contribution in [3.63, 3.8) is 0 Å². The molecule has 1 aliphatic rings. The highest BCUT2D eigenvalue weighted by Crippen LogP contribution is 2.32. The van der Waals surface area contributed by atoms with Gasteiger partial charge in [-0.2, -0.15) is 0 Å². The van der Waals surface area contributed by atoms with Crippen LogP contribution < -0.4 is 4.74 Å². The van der Waals surface area contributed by atoms with Crippen molar-refractivity contribution in [3.05, 3.63) is 64.2 Å². The van der Waals surface area contributed by atoms with Crippen LogP contribution in [0.4, 0.5) is 0 Å². The molecule has 4 heteroatoms. The van der Waals surface area contributed by atoms with Gasteiger partial charge in [0.15, 0.2) is 9.84 Å². The predicted octanol–water partition coefficient (Wildman–Crippen LogP) is 5.59. The molecule has 0 saturated heterocycles. The highest BCUT2D eigenvalue weighted by Gasteiger charge is 2.28. The van der Waals surface area contributed by atoms with Crippen molar-refractivity contribution in [2.75, 3.05) is 6.61 Å². The molecule has 0 atom stereocenters. The Kier molecular flexibility index (Phi) is 6.42. The van der Waals surface area contributed by atoms with Crippen LogP contribution in [0, 0.1) is 19.8 Å². The van der Waals surface area contributed by atoms with E-state index in [4.69, 9.17) is 4.74 Å². The van der Waals surface area contributed by atoms with Crippen molar-refractivity contribution >= 4 is 9.84 Å². The molecule has 2 aromatic carbocycles. The first kappa shape index (κ1) is 21.9. The van der Waals surface area contributed by atoms with Gasteiger partial charge in [0.25, 0.3) is 0 Å². The molecule has 0 aromatic heterocycles. The lowest BCUT2D eigenvalue weighted by Gasteiger charge is -2.19. The number of hydrogen-bond acceptors (Lipinski definition) is 3. The van der Waals surface area contributed by atoms with E-state index in [1.165, 1.54) is 35.1 Å². The summed E-state index contributed by atoms with van der Waals surface area (Å²) >= 11 is 0. The maximum absolute atomic E-state index is 12.4. The molecule has 0 amide bonds. The Hall–Kier alpha value is -1.81. The first-order valence-electron chi connectivity index (χ1n) is 10.6. The number of ether oxygens (including phenoxy) is 1. The molecule has 0 N–H and O–H groups in total. The van der Waals surface area contributed by atoms with E-state index < -0.39 is 14.6 Å². The maximum atomic E-state index is 12.4. The molecule has 0 aliphatic heterocycles. The molecule has 3 nitrogen and oxygen atoms in total. The topological polar surface area (TPSA) is 43.4 Å². The Bertz CT molecular complexity index is 947. The Morgan fingerprint density at radius 1 is 0.931 bits per heavy atom. The van der Waals surface area contributed by atoms with Gasteiger partial charge in [-0.25, -0.2) is 8.42 Å². The zero-order valence-electron chi connectivity index (χ0n) is 18.4. The SMILES string of the molecule is Cc1ccc(CCc2ccc(CS(=O)(=O)C(C)(C)C)cc2)c(C)c1OCC1CC1. The third-order valence-electron chi connectivity index (χ3n) is 5.87. The molecule has 1 saturated carbocycles. The van der Waals surface area contributed by atoms with Crippen LogP contribution in [0.25, 0.3) is 0 Å². The van der Waals surface area contributed by atoms with Gasteiger partial charge in [-0.05, 0) is 94.0 Å². The van der Waals surface area contributed by atoms with Gasteiger partial charge < -0.3 is 4.74 Å². The summed E-state index contributed by atoms with van der Waals surface area (Å²) in [4.78, 5) is 0. The molecule has 2 aromatic rings. The largest absolute Gasteiger partial charge is 0.493 e. The number of benzene rings is 2. The summed E-state index contributed by atoms with van der Waals surface area (Å²) in [6.07, 6.45) is 4.47. The number of aryl methyl sites for hydroxylation is 3. The summed E-state index contributed by atoms with van der Waals surface area (Å²) in [6.45, 7) is 10.4. The monoisotopic (exact) mass is 414 g/mol. The minimum Gasteiger partial charge on any atom is -0.493 e. The molecule has 29 heavy (non-hydrogen) atoms. The number of hydrogen-bond donors (Lipinski definition) is 0. The molecule has 3 rings (SSSR count). The second kappa shape index (κ2) is 8.51. The normalized spacial score (nSPS) is 14.8. The lowest BCUT2D eigenvalue weighted by Crippen LogP contribution is -2.29. The minimum atomic E-state index is -3.15. The highest BCUT2D eigenvalue weighted by atomic mass is 32.2.